The first-order valence-corrected chi connectivity index (χ1v) is 8.20. The minimum atomic E-state index is -0.108. The summed E-state index contributed by atoms with van der Waals surface area (Å²) in [5.41, 5.74) is 7.09. The van der Waals surface area contributed by atoms with E-state index in [1.54, 1.807) is 0 Å². The molecule has 1 aliphatic carbocycles. The van der Waals surface area contributed by atoms with Crippen molar-refractivity contribution in [2.75, 3.05) is 0 Å². The Hall–Kier alpha value is -1.64. The maximum atomic E-state index is 12.2. The van der Waals surface area contributed by atoms with E-state index in [0.717, 1.165) is 30.0 Å². The number of hydrogen-bond acceptors (Lipinski definition) is 2. The van der Waals surface area contributed by atoms with Crippen molar-refractivity contribution in [3.8, 4) is 0 Å². The maximum Gasteiger partial charge on any atom is 0.271 e. The molecule has 120 valence electrons. The third-order valence-electron chi connectivity index (χ3n) is 4.73. The van der Waals surface area contributed by atoms with Crippen LogP contribution >= 0.6 is 0 Å². The van der Waals surface area contributed by atoms with E-state index in [4.69, 9.17) is 0 Å². The van der Waals surface area contributed by atoms with Crippen LogP contribution in [0.5, 0.6) is 0 Å². The van der Waals surface area contributed by atoms with Crippen LogP contribution in [0.1, 0.15) is 67.9 Å². The van der Waals surface area contributed by atoms with Crippen LogP contribution < -0.4 is 5.43 Å². The summed E-state index contributed by atoms with van der Waals surface area (Å²) < 4.78 is 0. The number of nitrogens with one attached hydrogen (secondary N) is 1. The molecule has 3 nitrogen and oxygen atoms in total. The van der Waals surface area contributed by atoms with Gasteiger partial charge in [-0.25, -0.2) is 5.43 Å². The van der Waals surface area contributed by atoms with Crippen LogP contribution in [0.3, 0.4) is 0 Å². The van der Waals surface area contributed by atoms with Gasteiger partial charge in [0.2, 0.25) is 0 Å². The Morgan fingerprint density at radius 2 is 1.82 bits per heavy atom. The third kappa shape index (κ3) is 4.19. The number of carbonyl (C=O) groups is 1. The normalized spacial score (nSPS) is 19.0. The Labute approximate surface area is 134 Å². The highest BCUT2D eigenvalue weighted by atomic mass is 16.2. The molecule has 1 aliphatic rings. The van der Waals surface area contributed by atoms with Crippen molar-refractivity contribution in [2.24, 2.45) is 16.4 Å². The summed E-state index contributed by atoms with van der Waals surface area (Å²) in [6.07, 6.45) is 4.33. The van der Waals surface area contributed by atoms with Crippen molar-refractivity contribution in [3.05, 3.63) is 34.9 Å². The van der Waals surface area contributed by atoms with Crippen molar-refractivity contribution < 1.29 is 4.79 Å². The lowest BCUT2D eigenvalue weighted by Crippen LogP contribution is -2.27. The van der Waals surface area contributed by atoms with Gasteiger partial charge in [-0.05, 0) is 62.5 Å². The fraction of sp³-hybridized carbons (Fsp3) is 0.579. The van der Waals surface area contributed by atoms with Crippen LogP contribution in [0.15, 0.2) is 23.3 Å². The number of hydrogen-bond donors (Lipinski definition) is 1. The molecule has 1 saturated carbocycles. The second-order valence-corrected chi connectivity index (χ2v) is 7.58. The van der Waals surface area contributed by atoms with Gasteiger partial charge in [0.25, 0.3) is 5.91 Å². The fourth-order valence-corrected chi connectivity index (χ4v) is 3.19. The molecule has 1 aromatic rings. The molecule has 22 heavy (non-hydrogen) atoms. The van der Waals surface area contributed by atoms with Gasteiger partial charge in [0.15, 0.2) is 0 Å². The molecule has 0 unspecified atom stereocenters. The average molecular weight is 300 g/mol. The first-order chi connectivity index (χ1) is 10.3. The molecule has 0 aromatic heterocycles. The Morgan fingerprint density at radius 3 is 2.36 bits per heavy atom. The summed E-state index contributed by atoms with van der Waals surface area (Å²) in [7, 11) is 0. The van der Waals surface area contributed by atoms with Gasteiger partial charge in [0, 0.05) is 11.3 Å². The predicted octanol–water partition coefficient (Wildman–Crippen LogP) is 4.63. The first-order valence-electron chi connectivity index (χ1n) is 8.20. The van der Waals surface area contributed by atoms with Crippen molar-refractivity contribution >= 4 is 11.6 Å². The number of rotatable bonds is 2. The SMILES string of the molecule is Cc1ccc(C(=O)NN=C2CCC(C(C)(C)C)CC2)c(C)c1. The van der Waals surface area contributed by atoms with E-state index in [1.165, 1.54) is 18.4 Å². The average Bonchev–Trinajstić information content (AvgIpc) is 2.44. The maximum absolute atomic E-state index is 12.2. The summed E-state index contributed by atoms with van der Waals surface area (Å²) >= 11 is 0. The molecule has 1 N–H and O–H groups in total. The molecular formula is C19H28N2O. The van der Waals surface area contributed by atoms with Crippen LogP contribution in [0.4, 0.5) is 0 Å². The molecule has 0 bridgehead atoms. The van der Waals surface area contributed by atoms with E-state index in [0.29, 0.717) is 11.0 Å². The number of aryl methyl sites for hydroxylation is 2. The largest absolute Gasteiger partial charge is 0.271 e. The van der Waals surface area contributed by atoms with Crippen LogP contribution in [-0.4, -0.2) is 11.6 Å². The molecule has 2 rings (SSSR count). The van der Waals surface area contributed by atoms with Gasteiger partial charge in [-0.2, -0.15) is 5.10 Å². The zero-order valence-corrected chi connectivity index (χ0v) is 14.5. The van der Waals surface area contributed by atoms with Gasteiger partial charge < -0.3 is 0 Å². The molecule has 0 radical (unpaired) electrons. The van der Waals surface area contributed by atoms with E-state index < -0.39 is 0 Å². The van der Waals surface area contributed by atoms with Gasteiger partial charge in [-0.1, -0.05) is 38.5 Å². The minimum Gasteiger partial charge on any atom is -0.267 e. The van der Waals surface area contributed by atoms with Gasteiger partial charge in [-0.15, -0.1) is 0 Å². The van der Waals surface area contributed by atoms with Crippen LogP contribution in [0.2, 0.25) is 0 Å². The highest BCUT2D eigenvalue weighted by molar-refractivity contribution is 5.96. The number of carbonyl (C=O) groups excluding carboxylic acids is 1. The summed E-state index contributed by atoms with van der Waals surface area (Å²) in [5.74, 6) is 0.643. The second kappa shape index (κ2) is 6.64. The van der Waals surface area contributed by atoms with Crippen LogP contribution in [0, 0.1) is 25.2 Å². The second-order valence-electron chi connectivity index (χ2n) is 7.58. The number of benzene rings is 1. The molecular weight excluding hydrogens is 272 g/mol. The van der Waals surface area contributed by atoms with E-state index >= 15 is 0 Å². The Bertz CT molecular complexity index is 572. The summed E-state index contributed by atoms with van der Waals surface area (Å²) in [6.45, 7) is 10.9. The van der Waals surface area contributed by atoms with Gasteiger partial charge in [0.05, 0.1) is 0 Å². The summed E-state index contributed by atoms with van der Waals surface area (Å²) in [6, 6.07) is 5.86. The molecule has 1 aromatic carbocycles. The monoisotopic (exact) mass is 300 g/mol. The van der Waals surface area contributed by atoms with E-state index in [2.05, 4.69) is 31.3 Å². The van der Waals surface area contributed by atoms with Gasteiger partial charge in [-0.3, -0.25) is 4.79 Å². The van der Waals surface area contributed by atoms with Crippen molar-refractivity contribution in [1.82, 2.24) is 5.43 Å². The number of amides is 1. The molecule has 0 aliphatic heterocycles. The highest BCUT2D eigenvalue weighted by Gasteiger charge is 2.28. The summed E-state index contributed by atoms with van der Waals surface area (Å²) in [5, 5.41) is 4.36. The van der Waals surface area contributed by atoms with Gasteiger partial charge >= 0.3 is 0 Å². The minimum absolute atomic E-state index is 0.108. The molecule has 0 atom stereocenters. The van der Waals surface area contributed by atoms with Crippen LogP contribution in [-0.2, 0) is 0 Å². The predicted molar refractivity (Wildman–Crippen MR) is 92.2 cm³/mol. The van der Waals surface area contributed by atoms with E-state index in [9.17, 15) is 4.79 Å². The number of hydrazone groups is 1. The Balaban J connectivity index is 1.94. The molecule has 1 fully saturated rings. The number of nitrogens with zero attached hydrogens (tertiary/aromatic N) is 1. The van der Waals surface area contributed by atoms with E-state index in [-0.39, 0.29) is 5.91 Å². The van der Waals surface area contributed by atoms with E-state index in [1.807, 2.05) is 32.0 Å². The highest BCUT2D eigenvalue weighted by Crippen LogP contribution is 2.36. The Morgan fingerprint density at radius 1 is 1.18 bits per heavy atom. The molecule has 0 heterocycles. The zero-order valence-electron chi connectivity index (χ0n) is 14.5. The lowest BCUT2D eigenvalue weighted by atomic mass is 9.72. The summed E-state index contributed by atoms with van der Waals surface area (Å²) in [4.78, 5) is 12.2. The quantitative estimate of drug-likeness (QED) is 0.795. The van der Waals surface area contributed by atoms with Crippen molar-refractivity contribution in [2.45, 2.75) is 60.3 Å². The molecule has 3 heteroatoms. The third-order valence-corrected chi connectivity index (χ3v) is 4.73. The Kier molecular flexibility index (Phi) is 5.05. The zero-order chi connectivity index (χ0) is 16.3. The topological polar surface area (TPSA) is 41.5 Å². The van der Waals surface area contributed by atoms with Crippen molar-refractivity contribution in [3.63, 3.8) is 0 Å². The molecule has 1 amide bonds. The molecule has 0 spiro atoms. The van der Waals surface area contributed by atoms with Crippen molar-refractivity contribution in [1.29, 1.82) is 0 Å². The standard InChI is InChI=1S/C19H28N2O/c1-13-6-11-17(14(2)12-13)18(22)21-20-16-9-7-15(8-10-16)19(3,4)5/h6,11-12,15H,7-10H2,1-5H3,(H,21,22). The lowest BCUT2D eigenvalue weighted by molar-refractivity contribution is 0.0953. The fourth-order valence-electron chi connectivity index (χ4n) is 3.19. The lowest BCUT2D eigenvalue weighted by Gasteiger charge is -2.34. The van der Waals surface area contributed by atoms with Crippen LogP contribution in [0.25, 0.3) is 0 Å². The van der Waals surface area contributed by atoms with Gasteiger partial charge in [0.1, 0.15) is 0 Å². The smallest absolute Gasteiger partial charge is 0.267 e. The molecule has 0 saturated heterocycles. The first kappa shape index (κ1) is 16.7.